The number of para-hydroxylation sites is 1. The molecule has 0 radical (unpaired) electrons. The minimum Gasteiger partial charge on any atom is -0.383 e. The molecule has 4 rings (SSSR count). The molecule has 0 aliphatic carbocycles. The number of hydrogen-bond acceptors (Lipinski definition) is 6. The number of thiophene rings is 1. The number of aromatic nitrogens is 3. The largest absolute Gasteiger partial charge is 0.383 e. The van der Waals surface area contributed by atoms with Crippen LogP contribution in [0.1, 0.15) is 36.2 Å². The minimum absolute atomic E-state index is 0.0559. The van der Waals surface area contributed by atoms with Gasteiger partial charge in [0, 0.05) is 24.2 Å². The highest BCUT2D eigenvalue weighted by Crippen LogP contribution is 2.32. The normalized spacial score (nSPS) is 12.1. The zero-order valence-corrected chi connectivity index (χ0v) is 20.9. The molecule has 2 aromatic heterocycles. The van der Waals surface area contributed by atoms with Crippen LogP contribution in [0.15, 0.2) is 66.0 Å². The van der Waals surface area contributed by atoms with Crippen molar-refractivity contribution >= 4 is 39.9 Å². The van der Waals surface area contributed by atoms with Gasteiger partial charge in [-0.1, -0.05) is 49.4 Å². The van der Waals surface area contributed by atoms with Gasteiger partial charge in [0.1, 0.15) is 18.1 Å². The van der Waals surface area contributed by atoms with Gasteiger partial charge in [0.05, 0.1) is 12.1 Å². The molecular weight excluding hydrogens is 462 g/mol. The molecule has 0 aliphatic rings. The molecule has 2 aromatic carbocycles. The second-order valence-electron chi connectivity index (χ2n) is 8.45. The van der Waals surface area contributed by atoms with Crippen LogP contribution < -0.4 is 10.2 Å². The van der Waals surface area contributed by atoms with Gasteiger partial charge in [0.15, 0.2) is 0 Å². The van der Waals surface area contributed by atoms with Crippen LogP contribution in [-0.4, -0.2) is 47.1 Å². The summed E-state index contributed by atoms with van der Waals surface area (Å²) < 4.78 is 6.66. The number of methoxy groups -OCH3 is 1. The lowest BCUT2D eigenvalue weighted by molar-refractivity contribution is -0.127. The van der Waals surface area contributed by atoms with Crippen LogP contribution in [0.2, 0.25) is 0 Å². The lowest BCUT2D eigenvalue weighted by Crippen LogP contribution is -2.45. The zero-order valence-electron chi connectivity index (χ0n) is 20.0. The average Bonchev–Trinajstić information content (AvgIpc) is 3.53. The SMILES string of the molecule is COCCNC(=O)[C@@H](c1cccs1)N(C(=O)Cn1nnc2ccccc21)c1ccc(C(C)C)cc1. The molecule has 0 fully saturated rings. The van der Waals surface area contributed by atoms with Crippen molar-refractivity contribution < 1.29 is 14.3 Å². The molecular formula is C26H29N5O3S. The highest BCUT2D eigenvalue weighted by atomic mass is 32.1. The van der Waals surface area contributed by atoms with Gasteiger partial charge in [-0.25, -0.2) is 4.68 Å². The first-order chi connectivity index (χ1) is 17.0. The fraction of sp³-hybridized carbons (Fsp3) is 0.308. The van der Waals surface area contributed by atoms with Crippen molar-refractivity contribution in [2.24, 2.45) is 0 Å². The number of fused-ring (bicyclic) bond motifs is 1. The van der Waals surface area contributed by atoms with Gasteiger partial charge in [-0.05, 0) is 47.2 Å². The number of anilines is 1. The third-order valence-electron chi connectivity index (χ3n) is 5.74. The van der Waals surface area contributed by atoms with Gasteiger partial charge < -0.3 is 10.1 Å². The second kappa shape index (κ2) is 11.2. The molecule has 2 amide bonds. The van der Waals surface area contributed by atoms with Gasteiger partial charge in [-0.3, -0.25) is 14.5 Å². The maximum Gasteiger partial charge on any atom is 0.249 e. The number of hydrogen-bond donors (Lipinski definition) is 1. The van der Waals surface area contributed by atoms with Crippen LogP contribution in [-0.2, 0) is 20.9 Å². The Morgan fingerprint density at radius 1 is 1.09 bits per heavy atom. The molecule has 9 heteroatoms. The molecule has 182 valence electrons. The summed E-state index contributed by atoms with van der Waals surface area (Å²) >= 11 is 1.44. The Labute approximate surface area is 208 Å². The van der Waals surface area contributed by atoms with Gasteiger partial charge in [-0.2, -0.15) is 0 Å². The van der Waals surface area contributed by atoms with Crippen LogP contribution in [0.3, 0.4) is 0 Å². The fourth-order valence-electron chi connectivity index (χ4n) is 3.89. The summed E-state index contributed by atoms with van der Waals surface area (Å²) in [5, 5.41) is 13.2. The molecule has 1 N–H and O–H groups in total. The summed E-state index contributed by atoms with van der Waals surface area (Å²) in [4.78, 5) is 29.7. The molecule has 8 nitrogen and oxygen atoms in total. The average molecular weight is 492 g/mol. The Kier molecular flexibility index (Phi) is 7.89. The van der Waals surface area contributed by atoms with Gasteiger partial charge in [-0.15, -0.1) is 16.4 Å². The van der Waals surface area contributed by atoms with Gasteiger partial charge in [0.2, 0.25) is 11.8 Å². The van der Waals surface area contributed by atoms with Crippen molar-refractivity contribution in [2.75, 3.05) is 25.2 Å². The molecule has 0 unspecified atom stereocenters. The van der Waals surface area contributed by atoms with E-state index < -0.39 is 6.04 Å². The third-order valence-corrected chi connectivity index (χ3v) is 6.66. The lowest BCUT2D eigenvalue weighted by Gasteiger charge is -2.31. The summed E-state index contributed by atoms with van der Waals surface area (Å²) in [7, 11) is 1.58. The lowest BCUT2D eigenvalue weighted by atomic mass is 10.0. The van der Waals surface area contributed by atoms with E-state index in [-0.39, 0.29) is 18.4 Å². The number of carbonyl (C=O) groups is 2. The first-order valence-corrected chi connectivity index (χ1v) is 12.4. The molecule has 0 bridgehead atoms. The summed E-state index contributed by atoms with van der Waals surface area (Å²) in [6.07, 6.45) is 0. The van der Waals surface area contributed by atoms with Crippen LogP contribution in [0.4, 0.5) is 5.69 Å². The number of rotatable bonds is 10. The van der Waals surface area contributed by atoms with E-state index in [2.05, 4.69) is 29.5 Å². The molecule has 0 spiro atoms. The van der Waals surface area contributed by atoms with Crippen LogP contribution in [0.25, 0.3) is 11.0 Å². The van der Waals surface area contributed by atoms with Crippen molar-refractivity contribution in [2.45, 2.75) is 32.4 Å². The van der Waals surface area contributed by atoms with E-state index in [1.54, 1.807) is 16.7 Å². The Balaban J connectivity index is 1.74. The van der Waals surface area contributed by atoms with E-state index in [4.69, 9.17) is 4.74 Å². The van der Waals surface area contributed by atoms with Crippen molar-refractivity contribution in [3.8, 4) is 0 Å². The monoisotopic (exact) mass is 491 g/mol. The molecule has 2 heterocycles. The predicted octanol–water partition coefficient (Wildman–Crippen LogP) is 4.15. The van der Waals surface area contributed by atoms with Gasteiger partial charge >= 0.3 is 0 Å². The molecule has 1 atom stereocenters. The molecule has 0 saturated heterocycles. The van der Waals surface area contributed by atoms with Crippen molar-refractivity contribution in [1.29, 1.82) is 0 Å². The number of ether oxygens (including phenoxy) is 1. The molecule has 0 aliphatic heterocycles. The van der Waals surface area contributed by atoms with E-state index in [0.29, 0.717) is 30.3 Å². The first-order valence-electron chi connectivity index (χ1n) is 11.5. The maximum atomic E-state index is 13.9. The summed E-state index contributed by atoms with van der Waals surface area (Å²) in [5.41, 5.74) is 3.26. The first kappa shape index (κ1) is 24.6. The topological polar surface area (TPSA) is 89.4 Å². The van der Waals surface area contributed by atoms with E-state index >= 15 is 0 Å². The number of benzene rings is 2. The number of amides is 2. The highest BCUT2D eigenvalue weighted by Gasteiger charge is 2.34. The maximum absolute atomic E-state index is 13.9. The number of nitrogens with zero attached hydrogens (tertiary/aromatic N) is 4. The van der Waals surface area contributed by atoms with Crippen LogP contribution >= 0.6 is 11.3 Å². The smallest absolute Gasteiger partial charge is 0.249 e. The van der Waals surface area contributed by atoms with Gasteiger partial charge in [0.25, 0.3) is 0 Å². The zero-order chi connectivity index (χ0) is 24.8. The summed E-state index contributed by atoms with van der Waals surface area (Å²) in [5.74, 6) is -0.187. The van der Waals surface area contributed by atoms with Crippen molar-refractivity contribution in [3.63, 3.8) is 0 Å². The van der Waals surface area contributed by atoms with E-state index in [1.165, 1.54) is 11.3 Å². The Hall–Kier alpha value is -3.56. The Morgan fingerprint density at radius 2 is 1.86 bits per heavy atom. The van der Waals surface area contributed by atoms with E-state index in [9.17, 15) is 9.59 Å². The third kappa shape index (κ3) is 5.58. The van der Waals surface area contributed by atoms with Crippen LogP contribution in [0, 0.1) is 0 Å². The summed E-state index contributed by atoms with van der Waals surface area (Å²) in [6, 6.07) is 18.2. The molecule has 4 aromatic rings. The standard InChI is InChI=1S/C26H29N5O3S/c1-18(2)19-10-12-20(13-11-19)31(24(32)17-30-22-8-5-4-7-21(22)28-29-30)25(23-9-6-16-35-23)26(33)27-14-15-34-3/h4-13,16,18,25H,14-15,17H2,1-3H3,(H,27,33)/t25-/m1/s1. The highest BCUT2D eigenvalue weighted by molar-refractivity contribution is 7.10. The number of nitrogens with one attached hydrogen (secondary N) is 1. The quantitative estimate of drug-likeness (QED) is 0.337. The second-order valence-corrected chi connectivity index (χ2v) is 9.43. The molecule has 35 heavy (non-hydrogen) atoms. The fourth-order valence-corrected chi connectivity index (χ4v) is 4.70. The Morgan fingerprint density at radius 3 is 2.54 bits per heavy atom. The molecule has 0 saturated carbocycles. The summed E-state index contributed by atoms with van der Waals surface area (Å²) in [6.45, 7) is 4.90. The predicted molar refractivity (Wildman–Crippen MR) is 137 cm³/mol. The Bertz CT molecular complexity index is 1270. The van der Waals surface area contributed by atoms with Crippen LogP contribution in [0.5, 0.6) is 0 Å². The van der Waals surface area contributed by atoms with Crippen molar-refractivity contribution in [3.05, 3.63) is 76.5 Å². The van der Waals surface area contributed by atoms with Crippen molar-refractivity contribution in [1.82, 2.24) is 20.3 Å². The van der Waals surface area contributed by atoms with E-state index in [0.717, 1.165) is 16.0 Å². The number of carbonyl (C=O) groups excluding carboxylic acids is 2. The minimum atomic E-state index is -0.834. The van der Waals surface area contributed by atoms with E-state index in [1.807, 2.05) is 66.0 Å².